The first-order valence-corrected chi connectivity index (χ1v) is 27.6. The summed E-state index contributed by atoms with van der Waals surface area (Å²) in [6.45, 7) is 26.2. The maximum absolute atomic E-state index is 13.2. The number of methoxy groups -OCH3 is 3. The van der Waals surface area contributed by atoms with Crippen LogP contribution >= 0.6 is 0 Å². The quantitative estimate of drug-likeness (QED) is 0.137. The summed E-state index contributed by atoms with van der Waals surface area (Å²) in [6, 6.07) is -2.45. The number of ether oxygens (including phenoxy) is 4. The number of hydrogen-bond acceptors (Lipinski definition) is 17. The number of esters is 4. The zero-order valence-corrected chi connectivity index (χ0v) is 49.5. The number of piperidine rings is 2. The lowest BCUT2D eigenvalue weighted by atomic mass is 9.77. The Morgan fingerprint density at radius 3 is 1.08 bits per heavy atom. The summed E-state index contributed by atoms with van der Waals surface area (Å²) in [5, 5.41) is 41.8. The molecular formula is C56H97N5O17. The van der Waals surface area contributed by atoms with Crippen LogP contribution in [0, 0.1) is 34.0 Å². The molecule has 0 unspecified atom stereocenters. The van der Waals surface area contributed by atoms with Gasteiger partial charge in [-0.05, 0) is 82.2 Å². The zero-order valence-electron chi connectivity index (χ0n) is 49.5. The van der Waals surface area contributed by atoms with Gasteiger partial charge in [-0.25, -0.2) is 14.4 Å². The van der Waals surface area contributed by atoms with Crippen molar-refractivity contribution in [3.8, 4) is 0 Å². The molecule has 5 aliphatic heterocycles. The Labute approximate surface area is 462 Å². The van der Waals surface area contributed by atoms with Crippen LogP contribution in [0.2, 0.25) is 0 Å². The van der Waals surface area contributed by atoms with Crippen molar-refractivity contribution < 1.29 is 82.5 Å². The summed E-state index contributed by atoms with van der Waals surface area (Å²) in [6.07, 6.45) is 5.18. The lowest BCUT2D eigenvalue weighted by Gasteiger charge is -2.36. The van der Waals surface area contributed by atoms with Crippen LogP contribution in [0.15, 0.2) is 0 Å². The Kier molecular flexibility index (Phi) is 27.1. The molecule has 0 aromatic rings. The number of nitrogens with zero attached hydrogens (tertiary/aromatic N) is 4. The van der Waals surface area contributed by atoms with Crippen LogP contribution in [0.5, 0.6) is 0 Å². The number of aliphatic hydroxyl groups excluding tert-OH is 3. The molecule has 0 aromatic heterocycles. The van der Waals surface area contributed by atoms with E-state index in [0.717, 1.165) is 32.4 Å². The summed E-state index contributed by atoms with van der Waals surface area (Å²) in [7, 11) is 3.74. The molecule has 0 aliphatic carbocycles. The molecule has 5 aliphatic rings. The lowest BCUT2D eigenvalue weighted by Crippen LogP contribution is -2.49. The monoisotopic (exact) mass is 1110 g/mol. The van der Waals surface area contributed by atoms with Gasteiger partial charge in [-0.2, -0.15) is 0 Å². The molecule has 22 heteroatoms. The van der Waals surface area contributed by atoms with E-state index in [2.05, 4.69) is 10.1 Å². The summed E-state index contributed by atoms with van der Waals surface area (Å²) >= 11 is 0. The maximum atomic E-state index is 13.2. The highest BCUT2D eigenvalue weighted by atomic mass is 16.6. The molecule has 0 saturated carbocycles. The second-order valence-corrected chi connectivity index (χ2v) is 25.4. The first-order valence-electron chi connectivity index (χ1n) is 27.6. The van der Waals surface area contributed by atoms with E-state index in [1.807, 2.05) is 46.4 Å². The van der Waals surface area contributed by atoms with Crippen LogP contribution in [0.1, 0.15) is 160 Å². The van der Waals surface area contributed by atoms with Gasteiger partial charge in [0.15, 0.2) is 0 Å². The van der Waals surface area contributed by atoms with Crippen molar-refractivity contribution in [1.29, 1.82) is 0 Å². The van der Waals surface area contributed by atoms with Gasteiger partial charge in [-0.1, -0.05) is 68.7 Å². The number of aliphatic carboxylic acids is 1. The minimum Gasteiger partial charge on any atom is -0.481 e. The number of likely N-dealkylation sites (tertiary alicyclic amines) is 4. The number of β-amino-alcohol motifs (C(OH)–C–C–N with tert-alkyl or cyclic N) is 3. The van der Waals surface area contributed by atoms with Crippen LogP contribution in [0.25, 0.3) is 0 Å². The number of amides is 4. The first kappa shape index (κ1) is 69.2. The van der Waals surface area contributed by atoms with E-state index in [9.17, 15) is 58.5 Å². The van der Waals surface area contributed by atoms with Gasteiger partial charge in [-0.3, -0.25) is 28.8 Å². The highest BCUT2D eigenvalue weighted by Crippen LogP contribution is 2.37. The molecule has 5 heterocycles. The fraction of sp³-hybridized carbons (Fsp3) is 0.839. The van der Waals surface area contributed by atoms with Crippen molar-refractivity contribution in [2.45, 2.75) is 202 Å². The Morgan fingerprint density at radius 1 is 0.487 bits per heavy atom. The fourth-order valence-electron chi connectivity index (χ4n) is 10.1. The van der Waals surface area contributed by atoms with E-state index in [4.69, 9.17) is 19.3 Å². The predicted molar refractivity (Wildman–Crippen MR) is 288 cm³/mol. The highest BCUT2D eigenvalue weighted by Gasteiger charge is 2.48. The molecule has 5 fully saturated rings. The van der Waals surface area contributed by atoms with Crippen LogP contribution in [0.3, 0.4) is 0 Å². The Bertz CT molecular complexity index is 2000. The molecule has 0 bridgehead atoms. The Morgan fingerprint density at radius 2 is 0.808 bits per heavy atom. The molecular weight excluding hydrogens is 1010 g/mol. The van der Waals surface area contributed by atoms with E-state index >= 15 is 0 Å². The van der Waals surface area contributed by atoms with Gasteiger partial charge in [0.05, 0.1) is 70.2 Å². The van der Waals surface area contributed by atoms with E-state index < -0.39 is 112 Å². The molecule has 5 N–H and O–H groups in total. The third-order valence-corrected chi connectivity index (χ3v) is 14.6. The van der Waals surface area contributed by atoms with Gasteiger partial charge in [0.2, 0.25) is 23.6 Å². The Hall–Kier alpha value is -4.93. The maximum Gasteiger partial charge on any atom is 0.328 e. The van der Waals surface area contributed by atoms with Crippen LogP contribution in [0.4, 0.5) is 0 Å². The highest BCUT2D eigenvalue weighted by molar-refractivity contribution is 5.91. The average Bonchev–Trinajstić information content (AvgIpc) is 4.08. The van der Waals surface area contributed by atoms with Crippen LogP contribution < -0.4 is 5.32 Å². The molecule has 9 atom stereocenters. The molecule has 5 rings (SSSR count). The van der Waals surface area contributed by atoms with Crippen LogP contribution in [-0.4, -0.2) is 203 Å². The molecule has 0 spiro atoms. The predicted octanol–water partition coefficient (Wildman–Crippen LogP) is 3.72. The second kappa shape index (κ2) is 30.6. The number of carboxylic acid groups (broad SMARTS) is 1. The van der Waals surface area contributed by atoms with E-state index in [0.29, 0.717) is 0 Å². The van der Waals surface area contributed by atoms with Crippen molar-refractivity contribution in [2.75, 3.05) is 67.1 Å². The second-order valence-electron chi connectivity index (χ2n) is 25.4. The van der Waals surface area contributed by atoms with Crippen molar-refractivity contribution in [3.05, 3.63) is 0 Å². The summed E-state index contributed by atoms with van der Waals surface area (Å²) in [5.74, 6) is -6.23. The summed E-state index contributed by atoms with van der Waals surface area (Å²) < 4.78 is 19.5. The number of carbonyl (C=O) groups excluding carboxylic acids is 8. The van der Waals surface area contributed by atoms with Gasteiger partial charge < -0.3 is 64.3 Å². The van der Waals surface area contributed by atoms with Gasteiger partial charge in [0.25, 0.3) is 0 Å². The standard InChI is InChI=1S/C19H32N2O5.C18H31NO6.C14H23NO6.C5H11N/c1-19(2,3)14(11-16(23)20-8-6-5-7-9-20)17(24)21-12-13(22)10-15(21)18(25)26-4;1-17(2,3)12(9-14(21)25-18(4,5)6)15(22)19-10-11(20)8-13(19)16(23)24-7;1-14(2,3)9(6-11(17)18)12(19)15-7-8(16)5-10(15)13(20)21-4;1-2-4-6-5-3-1/h13-15,22H,5-12H2,1-4H3;11-13,20H,8-10H2,1-7H3;8-10,16H,5-7H2,1-4H3,(H,17,18);6H,1-5H2/t13-,14+,15-;11-,12+,13-;8-,9+,10-;/m000./s1. The first-order chi connectivity index (χ1) is 36.0. The van der Waals surface area contributed by atoms with Gasteiger partial charge in [0.1, 0.15) is 23.7 Å². The third-order valence-electron chi connectivity index (χ3n) is 14.6. The van der Waals surface area contributed by atoms with E-state index in [1.165, 1.54) is 68.4 Å². The number of carboxylic acids is 1. The minimum atomic E-state index is -1.07. The fourth-order valence-corrected chi connectivity index (χ4v) is 10.1. The van der Waals surface area contributed by atoms with Crippen molar-refractivity contribution in [3.63, 3.8) is 0 Å². The molecule has 0 radical (unpaired) electrons. The van der Waals surface area contributed by atoms with Crippen molar-refractivity contribution >= 4 is 53.5 Å². The summed E-state index contributed by atoms with van der Waals surface area (Å²) in [5.41, 5.74) is -2.15. The topological polar surface area (TPSA) is 296 Å². The van der Waals surface area contributed by atoms with Crippen molar-refractivity contribution in [2.24, 2.45) is 34.0 Å². The number of hydrogen-bond donors (Lipinski definition) is 5. The van der Waals surface area contributed by atoms with Gasteiger partial charge in [0, 0.05) is 58.4 Å². The summed E-state index contributed by atoms with van der Waals surface area (Å²) in [4.78, 5) is 116. The number of aliphatic hydroxyl groups is 3. The zero-order chi connectivity index (χ0) is 59.7. The number of rotatable bonds is 12. The molecule has 78 heavy (non-hydrogen) atoms. The molecule has 4 amide bonds. The van der Waals surface area contributed by atoms with Crippen LogP contribution in [-0.2, 0) is 62.1 Å². The van der Waals surface area contributed by atoms with Gasteiger partial charge >= 0.3 is 29.8 Å². The minimum absolute atomic E-state index is 0.00709. The Balaban J connectivity index is 0.000000380. The molecule has 22 nitrogen and oxygen atoms in total. The average molecular weight is 1110 g/mol. The largest absolute Gasteiger partial charge is 0.481 e. The van der Waals surface area contributed by atoms with E-state index in [1.54, 1.807) is 41.5 Å². The van der Waals surface area contributed by atoms with E-state index in [-0.39, 0.29) is 75.9 Å². The smallest absolute Gasteiger partial charge is 0.328 e. The normalized spacial score (nSPS) is 23.8. The number of nitrogens with one attached hydrogen (secondary N) is 1. The van der Waals surface area contributed by atoms with Gasteiger partial charge in [-0.15, -0.1) is 0 Å². The molecule has 5 saturated heterocycles. The lowest BCUT2D eigenvalue weighted by molar-refractivity contribution is -0.162. The number of carbonyl (C=O) groups is 9. The van der Waals surface area contributed by atoms with Crippen molar-refractivity contribution in [1.82, 2.24) is 24.9 Å². The third kappa shape index (κ3) is 22.0. The molecule has 448 valence electrons. The molecule has 0 aromatic carbocycles. The SMILES string of the molecule is C1CCNCC1.COC(=O)[C@@H]1C[C@H](O)CN1C(=O)[C@@H](CC(=O)N1CCCCC1)C(C)(C)C.COC(=O)[C@@H]1C[C@H](O)CN1C(=O)[C@@H](CC(=O)O)C(C)(C)C.COC(=O)[C@@H]1C[C@H](O)CN1C(=O)[C@@H](CC(=O)OC(C)(C)C)C(C)(C)C.